The molecule has 4 aliphatic heterocycles. The fourth-order valence-corrected chi connectivity index (χ4v) is 8.81. The molecular formula is C35H59NO11. The number of carbonyl (C=O) groups excluding carboxylic acids is 1. The summed E-state index contributed by atoms with van der Waals surface area (Å²) in [6.07, 6.45) is -3.51. The molecule has 0 aromatic heterocycles. The lowest BCUT2D eigenvalue weighted by atomic mass is 9.63. The molecule has 0 aromatic carbocycles. The molecule has 0 radical (unpaired) electrons. The smallest absolute Gasteiger partial charge is 0.311 e. The SMILES string of the molecule is CC[C@@H](O)[C@]1(O)C[C@H]2C3=C(C)C[C@@](C)(O3)[C@H](OC3CC(NC)CC(C)O3)[C@@H](C)[C@@H](OC3CC(C)(OC)C(O)C(C)O3)[C@@H](C)C(=O)O[C@H]21. The molecule has 1 aliphatic carbocycles. The molecule has 4 fully saturated rings. The Labute approximate surface area is 279 Å². The molecule has 1 saturated carbocycles. The Hall–Kier alpha value is -1.35. The highest BCUT2D eigenvalue weighted by Crippen LogP contribution is 2.54. The van der Waals surface area contributed by atoms with Crippen molar-refractivity contribution in [1.82, 2.24) is 5.32 Å². The van der Waals surface area contributed by atoms with Crippen LogP contribution < -0.4 is 5.32 Å². The summed E-state index contributed by atoms with van der Waals surface area (Å²) in [7, 11) is 3.49. The number of carbonyl (C=O) groups is 1. The van der Waals surface area contributed by atoms with E-state index in [2.05, 4.69) is 5.32 Å². The van der Waals surface area contributed by atoms with Gasteiger partial charge in [-0.1, -0.05) is 13.8 Å². The molecule has 47 heavy (non-hydrogen) atoms. The van der Waals surface area contributed by atoms with E-state index in [1.807, 2.05) is 41.7 Å². The molecule has 270 valence electrons. The van der Waals surface area contributed by atoms with Gasteiger partial charge in [-0.05, 0) is 73.4 Å². The summed E-state index contributed by atoms with van der Waals surface area (Å²) in [5.74, 6) is -1.58. The van der Waals surface area contributed by atoms with Crippen LogP contribution in [0.2, 0.25) is 0 Å². The maximum atomic E-state index is 14.1. The van der Waals surface area contributed by atoms with E-state index >= 15 is 0 Å². The molecular weight excluding hydrogens is 610 g/mol. The summed E-state index contributed by atoms with van der Waals surface area (Å²) in [5, 5.41) is 36.7. The van der Waals surface area contributed by atoms with E-state index in [-0.39, 0.29) is 25.0 Å². The second-order valence-corrected chi connectivity index (χ2v) is 15.4. The normalized spacial score (nSPS) is 49.7. The van der Waals surface area contributed by atoms with Crippen LogP contribution in [0.1, 0.15) is 93.9 Å². The second-order valence-electron chi connectivity index (χ2n) is 15.4. The number of hydrogen-bond donors (Lipinski definition) is 4. The van der Waals surface area contributed by atoms with Crippen LogP contribution in [0, 0.1) is 17.8 Å². The summed E-state index contributed by atoms with van der Waals surface area (Å²) >= 11 is 0. The summed E-state index contributed by atoms with van der Waals surface area (Å²) in [6.45, 7) is 15.2. The number of aliphatic hydroxyl groups is 3. The van der Waals surface area contributed by atoms with Crippen LogP contribution in [-0.2, 0) is 38.0 Å². The van der Waals surface area contributed by atoms with Crippen LogP contribution in [0.25, 0.3) is 0 Å². The van der Waals surface area contributed by atoms with E-state index < -0.39 is 89.7 Å². The fraction of sp³-hybridized carbons (Fsp3) is 0.914. The van der Waals surface area contributed by atoms with Gasteiger partial charge in [0.1, 0.15) is 35.3 Å². The number of ether oxygens (including phenoxy) is 7. The highest BCUT2D eigenvalue weighted by Gasteiger charge is 2.64. The lowest BCUT2D eigenvalue weighted by Crippen LogP contribution is -2.67. The van der Waals surface area contributed by atoms with Gasteiger partial charge in [-0.15, -0.1) is 0 Å². The molecule has 12 nitrogen and oxygen atoms in total. The van der Waals surface area contributed by atoms with Gasteiger partial charge < -0.3 is 53.8 Å². The largest absolute Gasteiger partial charge is 0.488 e. The van der Waals surface area contributed by atoms with E-state index in [4.69, 9.17) is 33.2 Å². The summed E-state index contributed by atoms with van der Waals surface area (Å²) in [5.41, 5.74) is -2.43. The van der Waals surface area contributed by atoms with Gasteiger partial charge in [0.25, 0.3) is 0 Å². The topological polar surface area (TPSA) is 154 Å². The molecule has 5 rings (SSSR count). The molecule has 0 amide bonds. The Balaban J connectivity index is 1.54. The zero-order chi connectivity index (χ0) is 34.6. The molecule has 5 aliphatic rings. The van der Waals surface area contributed by atoms with Gasteiger partial charge in [0, 0.05) is 38.3 Å². The van der Waals surface area contributed by atoms with Gasteiger partial charge in [0.05, 0.1) is 41.9 Å². The van der Waals surface area contributed by atoms with Crippen molar-refractivity contribution in [2.45, 2.75) is 172 Å². The predicted octanol–water partition coefficient (Wildman–Crippen LogP) is 2.94. The van der Waals surface area contributed by atoms with Crippen molar-refractivity contribution in [3.8, 4) is 0 Å². The number of nitrogens with one attached hydrogen (secondary N) is 1. The first-order valence-electron chi connectivity index (χ1n) is 17.5. The number of aliphatic hydroxyl groups excluding tert-OH is 2. The highest BCUT2D eigenvalue weighted by atomic mass is 16.7. The highest BCUT2D eigenvalue weighted by molar-refractivity contribution is 5.73. The lowest BCUT2D eigenvalue weighted by Gasteiger charge is -2.53. The minimum Gasteiger partial charge on any atom is -0.488 e. The van der Waals surface area contributed by atoms with Crippen LogP contribution >= 0.6 is 0 Å². The first-order chi connectivity index (χ1) is 22.0. The van der Waals surface area contributed by atoms with Crippen LogP contribution in [0.3, 0.4) is 0 Å². The first kappa shape index (κ1) is 36.9. The molecule has 0 spiro atoms. The Morgan fingerprint density at radius 2 is 1.77 bits per heavy atom. The molecule has 4 N–H and O–H groups in total. The Morgan fingerprint density at radius 1 is 1.06 bits per heavy atom. The summed E-state index contributed by atoms with van der Waals surface area (Å²) < 4.78 is 44.9. The molecule has 2 bridgehead atoms. The summed E-state index contributed by atoms with van der Waals surface area (Å²) in [4.78, 5) is 14.1. The van der Waals surface area contributed by atoms with Gasteiger partial charge >= 0.3 is 5.97 Å². The number of rotatable bonds is 8. The molecule has 3 saturated heterocycles. The van der Waals surface area contributed by atoms with Crippen LogP contribution in [0.15, 0.2) is 11.3 Å². The number of methoxy groups -OCH3 is 1. The summed E-state index contributed by atoms with van der Waals surface area (Å²) in [6, 6.07) is 0.212. The van der Waals surface area contributed by atoms with Crippen LogP contribution in [-0.4, -0.2) is 114 Å². The van der Waals surface area contributed by atoms with E-state index in [9.17, 15) is 20.1 Å². The van der Waals surface area contributed by atoms with Crippen LogP contribution in [0.5, 0.6) is 0 Å². The monoisotopic (exact) mass is 669 g/mol. The van der Waals surface area contributed by atoms with Crippen molar-refractivity contribution in [3.63, 3.8) is 0 Å². The van der Waals surface area contributed by atoms with Crippen molar-refractivity contribution in [2.75, 3.05) is 14.2 Å². The van der Waals surface area contributed by atoms with Gasteiger partial charge in [-0.2, -0.15) is 0 Å². The fourth-order valence-electron chi connectivity index (χ4n) is 8.81. The maximum absolute atomic E-state index is 14.1. The Bertz CT molecular complexity index is 1170. The van der Waals surface area contributed by atoms with Crippen molar-refractivity contribution >= 4 is 5.97 Å². The number of hydrogen-bond acceptors (Lipinski definition) is 12. The third-order valence-electron chi connectivity index (χ3n) is 11.8. The van der Waals surface area contributed by atoms with Crippen molar-refractivity contribution in [3.05, 3.63) is 11.3 Å². The average molecular weight is 670 g/mol. The van der Waals surface area contributed by atoms with Crippen LogP contribution in [0.4, 0.5) is 0 Å². The zero-order valence-electron chi connectivity index (χ0n) is 29.9. The molecule has 7 unspecified atom stereocenters. The minimum absolute atomic E-state index is 0.0217. The van der Waals surface area contributed by atoms with Crippen molar-refractivity contribution < 1.29 is 53.3 Å². The molecule has 4 heterocycles. The van der Waals surface area contributed by atoms with Gasteiger partial charge in [0.2, 0.25) is 0 Å². The van der Waals surface area contributed by atoms with E-state index in [0.29, 0.717) is 25.0 Å². The lowest BCUT2D eigenvalue weighted by molar-refractivity contribution is -0.306. The number of fused-ring (bicyclic) bond motifs is 4. The van der Waals surface area contributed by atoms with E-state index in [1.54, 1.807) is 27.9 Å². The Morgan fingerprint density at radius 3 is 2.40 bits per heavy atom. The number of esters is 1. The average Bonchev–Trinajstić information content (AvgIpc) is 3.34. The Kier molecular flexibility index (Phi) is 10.8. The predicted molar refractivity (Wildman–Crippen MR) is 171 cm³/mol. The van der Waals surface area contributed by atoms with E-state index in [1.165, 1.54) is 0 Å². The molecule has 16 atom stereocenters. The van der Waals surface area contributed by atoms with Gasteiger partial charge in [-0.3, -0.25) is 4.79 Å². The van der Waals surface area contributed by atoms with Gasteiger partial charge in [-0.25, -0.2) is 0 Å². The molecule has 0 aromatic rings. The maximum Gasteiger partial charge on any atom is 0.311 e. The van der Waals surface area contributed by atoms with Crippen molar-refractivity contribution in [2.24, 2.45) is 17.8 Å². The van der Waals surface area contributed by atoms with Gasteiger partial charge in [0.15, 0.2) is 12.6 Å². The standard InChI is InChI=1S/C35H59NO11/c1-11-24(37)35(40)15-23-27-17(2)14-34(8,47-27)30(45-25-13-22(36-9)12-18(3)42-25)19(4)28(20(5)32(39)46-31(23)35)44-26-16-33(7,41-10)29(38)21(6)43-26/h18-26,28-31,36-38,40H,11-16H2,1-10H3/t18?,19-,20+,21?,22?,23-,24+,25?,26?,28+,29?,30+,31+,33?,34+,35+/m0/s1. The third-order valence-corrected chi connectivity index (χ3v) is 11.8. The first-order valence-corrected chi connectivity index (χ1v) is 17.5. The molecule has 12 heteroatoms. The van der Waals surface area contributed by atoms with E-state index in [0.717, 1.165) is 12.0 Å². The minimum atomic E-state index is -1.61. The quantitative estimate of drug-likeness (QED) is 0.281. The zero-order valence-corrected chi connectivity index (χ0v) is 29.9. The third kappa shape index (κ3) is 6.76. The van der Waals surface area contributed by atoms with Crippen molar-refractivity contribution in [1.29, 1.82) is 0 Å². The second kappa shape index (κ2) is 13.8.